The Balaban J connectivity index is 1.47. The lowest BCUT2D eigenvalue weighted by atomic mass is 9.99. The minimum Gasteiger partial charge on any atom is -0.386 e. The summed E-state index contributed by atoms with van der Waals surface area (Å²) in [6, 6.07) is 9.79. The van der Waals surface area contributed by atoms with Crippen LogP contribution in [-0.2, 0) is 31.3 Å². The number of carbonyl (C=O) groups excluding carboxylic acids is 1. The summed E-state index contributed by atoms with van der Waals surface area (Å²) < 4.78 is 2.89. The van der Waals surface area contributed by atoms with Crippen molar-refractivity contribution in [3.63, 3.8) is 0 Å². The molecule has 0 unspecified atom stereocenters. The molecule has 3 N–H and O–H groups in total. The number of fused-ring (bicyclic) bond motifs is 2. The minimum atomic E-state index is -0.899. The third-order valence-electron chi connectivity index (χ3n) is 5.51. The average Bonchev–Trinajstić information content (AvgIpc) is 3.28. The van der Waals surface area contributed by atoms with Crippen LogP contribution in [0.5, 0.6) is 0 Å². The third-order valence-corrected chi connectivity index (χ3v) is 6.29. The van der Waals surface area contributed by atoms with Gasteiger partial charge in [0, 0.05) is 10.6 Å². The quantitative estimate of drug-likeness (QED) is 0.671. The van der Waals surface area contributed by atoms with Crippen molar-refractivity contribution >= 4 is 23.7 Å². The van der Waals surface area contributed by atoms with E-state index in [2.05, 4.69) is 16.1 Å². The Bertz CT molecular complexity index is 854. The van der Waals surface area contributed by atoms with Crippen LogP contribution in [0.4, 0.5) is 10.5 Å². The van der Waals surface area contributed by atoms with Crippen molar-refractivity contribution in [1.82, 2.24) is 4.72 Å². The molecule has 0 saturated heterocycles. The number of nitrogens with one attached hydrogen (secondary N) is 2. The number of aryl methyl sites for hydroxylation is 2. The van der Waals surface area contributed by atoms with Crippen molar-refractivity contribution in [3.05, 3.63) is 58.1 Å². The van der Waals surface area contributed by atoms with E-state index in [9.17, 15) is 9.90 Å². The summed E-state index contributed by atoms with van der Waals surface area (Å²) >= 11 is 1.27. The van der Waals surface area contributed by atoms with E-state index in [1.54, 1.807) is 13.8 Å². The number of carbonyl (C=O) groups is 1. The van der Waals surface area contributed by atoms with Crippen molar-refractivity contribution in [3.8, 4) is 0 Å². The van der Waals surface area contributed by atoms with Crippen LogP contribution in [-0.4, -0.2) is 11.1 Å². The molecule has 0 spiro atoms. The second-order valence-corrected chi connectivity index (χ2v) is 8.86. The van der Waals surface area contributed by atoms with Crippen LogP contribution in [0.1, 0.15) is 54.5 Å². The van der Waals surface area contributed by atoms with Gasteiger partial charge in [-0.05, 0) is 104 Å². The van der Waals surface area contributed by atoms with Crippen LogP contribution < -0.4 is 10.0 Å². The molecular formula is C22H26N2O2S. The predicted octanol–water partition coefficient (Wildman–Crippen LogP) is 4.72. The molecule has 0 saturated carbocycles. The highest BCUT2D eigenvalue weighted by molar-refractivity contribution is 7.98. The highest BCUT2D eigenvalue weighted by atomic mass is 32.2. The van der Waals surface area contributed by atoms with Gasteiger partial charge < -0.3 is 10.4 Å². The van der Waals surface area contributed by atoms with Gasteiger partial charge in [-0.2, -0.15) is 0 Å². The maximum atomic E-state index is 12.6. The topological polar surface area (TPSA) is 61.4 Å². The minimum absolute atomic E-state index is 0.192. The second kappa shape index (κ2) is 7.21. The first-order valence-electron chi connectivity index (χ1n) is 9.65. The van der Waals surface area contributed by atoms with Crippen molar-refractivity contribution in [2.75, 3.05) is 5.32 Å². The molecule has 4 rings (SSSR count). The molecule has 27 heavy (non-hydrogen) atoms. The smallest absolute Gasteiger partial charge is 0.329 e. The lowest BCUT2D eigenvalue weighted by molar-refractivity contribution is 0.0784. The molecular weight excluding hydrogens is 356 g/mol. The Kier molecular flexibility index (Phi) is 4.91. The Morgan fingerprint density at radius 3 is 2.33 bits per heavy atom. The number of anilines is 1. The average molecular weight is 383 g/mol. The van der Waals surface area contributed by atoms with Crippen LogP contribution in [0.3, 0.4) is 0 Å². The molecule has 0 atom stereocenters. The van der Waals surface area contributed by atoms with Gasteiger partial charge in [0.05, 0.1) is 5.60 Å². The maximum Gasteiger partial charge on any atom is 0.329 e. The Labute approximate surface area is 164 Å². The maximum absolute atomic E-state index is 12.6. The van der Waals surface area contributed by atoms with Crippen molar-refractivity contribution < 1.29 is 9.90 Å². The van der Waals surface area contributed by atoms with Gasteiger partial charge in [0.1, 0.15) is 0 Å². The summed E-state index contributed by atoms with van der Waals surface area (Å²) in [4.78, 5) is 13.5. The zero-order valence-corrected chi connectivity index (χ0v) is 16.7. The molecule has 2 amide bonds. The summed E-state index contributed by atoms with van der Waals surface area (Å²) in [6.45, 7) is 3.51. The van der Waals surface area contributed by atoms with E-state index in [0.717, 1.165) is 41.8 Å². The van der Waals surface area contributed by atoms with Gasteiger partial charge in [-0.15, -0.1) is 0 Å². The van der Waals surface area contributed by atoms with E-state index in [0.29, 0.717) is 0 Å². The Morgan fingerprint density at radius 2 is 1.70 bits per heavy atom. The number of hydrogen-bond acceptors (Lipinski definition) is 3. The summed E-state index contributed by atoms with van der Waals surface area (Å²) in [5.41, 5.74) is 6.48. The molecule has 0 heterocycles. The van der Waals surface area contributed by atoms with Gasteiger partial charge in [-0.25, -0.2) is 4.79 Å². The molecule has 0 radical (unpaired) electrons. The van der Waals surface area contributed by atoms with Crippen LogP contribution in [0, 0.1) is 0 Å². The normalized spacial score (nSPS) is 15.4. The molecule has 0 aliphatic heterocycles. The Morgan fingerprint density at radius 1 is 1.04 bits per heavy atom. The number of benzene rings is 2. The number of hydrogen-bond donors (Lipinski definition) is 3. The molecule has 2 aromatic carbocycles. The van der Waals surface area contributed by atoms with Gasteiger partial charge in [0.25, 0.3) is 0 Å². The molecule has 0 fully saturated rings. The summed E-state index contributed by atoms with van der Waals surface area (Å²) in [7, 11) is 0. The van der Waals surface area contributed by atoms with E-state index in [1.807, 2.05) is 24.3 Å². The fourth-order valence-corrected chi connectivity index (χ4v) is 4.75. The molecule has 142 valence electrons. The number of aliphatic hydroxyl groups is 1. The summed E-state index contributed by atoms with van der Waals surface area (Å²) in [6.07, 6.45) is 6.70. The van der Waals surface area contributed by atoms with E-state index in [-0.39, 0.29) is 6.03 Å². The highest BCUT2D eigenvalue weighted by Crippen LogP contribution is 2.38. The number of amides is 2. The van der Waals surface area contributed by atoms with Crippen LogP contribution in [0.2, 0.25) is 0 Å². The third kappa shape index (κ3) is 3.85. The second-order valence-electron chi connectivity index (χ2n) is 7.98. The fourth-order valence-electron chi connectivity index (χ4n) is 4.15. The van der Waals surface area contributed by atoms with E-state index in [4.69, 9.17) is 0 Å². The van der Waals surface area contributed by atoms with E-state index >= 15 is 0 Å². The monoisotopic (exact) mass is 382 g/mol. The zero-order chi connectivity index (χ0) is 19.0. The van der Waals surface area contributed by atoms with Crippen molar-refractivity contribution in [1.29, 1.82) is 0 Å². The predicted molar refractivity (Wildman–Crippen MR) is 110 cm³/mol. The van der Waals surface area contributed by atoms with Crippen LogP contribution in [0.15, 0.2) is 35.2 Å². The number of urea groups is 1. The Hall–Kier alpha value is -1.98. The van der Waals surface area contributed by atoms with Gasteiger partial charge in [-0.1, -0.05) is 18.2 Å². The highest BCUT2D eigenvalue weighted by Gasteiger charge is 2.25. The molecule has 4 nitrogen and oxygen atoms in total. The SMILES string of the molecule is CC(C)(O)c1cccc(SNC(=O)Nc2c3c(cc4c2CCC4)CCC3)c1. The molecule has 0 bridgehead atoms. The van der Waals surface area contributed by atoms with Gasteiger partial charge in [0.15, 0.2) is 0 Å². The van der Waals surface area contributed by atoms with Crippen LogP contribution >= 0.6 is 11.9 Å². The first-order valence-corrected chi connectivity index (χ1v) is 10.5. The first kappa shape index (κ1) is 18.4. The lowest BCUT2D eigenvalue weighted by Gasteiger charge is -2.18. The van der Waals surface area contributed by atoms with Gasteiger partial charge in [0.2, 0.25) is 0 Å². The van der Waals surface area contributed by atoms with Crippen molar-refractivity contribution in [2.24, 2.45) is 0 Å². The molecule has 2 aliphatic rings. The molecule has 2 aliphatic carbocycles. The summed E-state index contributed by atoms with van der Waals surface area (Å²) in [5.74, 6) is 0. The zero-order valence-electron chi connectivity index (χ0n) is 15.9. The van der Waals surface area contributed by atoms with Crippen molar-refractivity contribution in [2.45, 2.75) is 62.9 Å². The largest absolute Gasteiger partial charge is 0.386 e. The fraction of sp³-hybridized carbons (Fsp3) is 0.409. The van der Waals surface area contributed by atoms with Gasteiger partial charge >= 0.3 is 6.03 Å². The first-order chi connectivity index (χ1) is 12.9. The molecule has 2 aromatic rings. The molecule has 0 aromatic heterocycles. The standard InChI is InChI=1S/C22H26N2O2S/c1-22(2,26)16-8-5-9-17(13-16)27-24-21(25)23-20-18-10-3-6-14(18)12-15-7-4-11-19(15)20/h5,8-9,12-13,26H,3-4,6-7,10-11H2,1-2H3,(H2,23,24,25). The van der Waals surface area contributed by atoms with Crippen LogP contribution in [0.25, 0.3) is 0 Å². The van der Waals surface area contributed by atoms with E-state index < -0.39 is 5.60 Å². The molecule has 5 heteroatoms. The number of rotatable bonds is 4. The van der Waals surface area contributed by atoms with E-state index in [1.165, 1.54) is 47.0 Å². The summed E-state index contributed by atoms with van der Waals surface area (Å²) in [5, 5.41) is 13.3. The lowest BCUT2D eigenvalue weighted by Crippen LogP contribution is -2.24. The van der Waals surface area contributed by atoms with Gasteiger partial charge in [-0.3, -0.25) is 4.72 Å².